The van der Waals surface area contributed by atoms with E-state index in [1.54, 1.807) is 53.5 Å². The number of hydrogen-bond donors (Lipinski definition) is 1. The predicted octanol–water partition coefficient (Wildman–Crippen LogP) is 2.52. The number of Topliss-reactive ketones (excluding diaryl/α,β-unsaturated/α-hetero) is 1. The molecule has 0 radical (unpaired) electrons. The molecule has 0 aliphatic carbocycles. The number of nitrogens with one attached hydrogen (secondary N) is 1. The van der Waals surface area contributed by atoms with E-state index >= 15 is 0 Å². The number of carbonyl (C=O) groups excluding carboxylic acids is 3. The third-order valence-corrected chi connectivity index (χ3v) is 3.63. The molecule has 0 aliphatic heterocycles. The van der Waals surface area contributed by atoms with Crippen molar-refractivity contribution in [2.75, 3.05) is 11.9 Å². The zero-order chi connectivity index (χ0) is 19.2. The first-order valence-corrected chi connectivity index (χ1v) is 8.15. The van der Waals surface area contributed by atoms with Crippen molar-refractivity contribution in [3.8, 4) is 0 Å². The van der Waals surface area contributed by atoms with Crippen molar-refractivity contribution in [2.45, 2.75) is 13.5 Å². The molecule has 1 aromatic carbocycles. The number of nitrogens with zero attached hydrogens (tertiary/aromatic N) is 2. The van der Waals surface area contributed by atoms with Gasteiger partial charge >= 0.3 is 5.97 Å². The highest BCUT2D eigenvalue weighted by molar-refractivity contribution is 5.98. The molecule has 2 aromatic heterocycles. The van der Waals surface area contributed by atoms with Gasteiger partial charge in [0.25, 0.3) is 5.91 Å². The van der Waals surface area contributed by atoms with Crippen molar-refractivity contribution in [3.05, 3.63) is 71.9 Å². The maximum Gasteiger partial charge on any atom is 0.374 e. The van der Waals surface area contributed by atoms with Crippen molar-refractivity contribution in [1.29, 1.82) is 0 Å². The Morgan fingerprint density at radius 3 is 2.78 bits per heavy atom. The van der Waals surface area contributed by atoms with E-state index in [-0.39, 0.29) is 11.5 Å². The van der Waals surface area contributed by atoms with Crippen LogP contribution >= 0.6 is 0 Å². The van der Waals surface area contributed by atoms with E-state index in [1.165, 1.54) is 13.0 Å². The summed E-state index contributed by atoms with van der Waals surface area (Å²) < 4.78 is 12.0. The first-order valence-electron chi connectivity index (χ1n) is 8.15. The Hall–Kier alpha value is -3.68. The number of ketones is 1. The monoisotopic (exact) mass is 367 g/mol. The average molecular weight is 367 g/mol. The number of anilines is 1. The van der Waals surface area contributed by atoms with Gasteiger partial charge in [-0.1, -0.05) is 12.1 Å². The summed E-state index contributed by atoms with van der Waals surface area (Å²) >= 11 is 0. The molecule has 1 amide bonds. The van der Waals surface area contributed by atoms with Crippen LogP contribution in [0.15, 0.2) is 59.3 Å². The Balaban J connectivity index is 1.51. The van der Waals surface area contributed by atoms with Gasteiger partial charge in [0, 0.05) is 23.6 Å². The van der Waals surface area contributed by atoms with Crippen molar-refractivity contribution in [2.24, 2.45) is 0 Å². The Bertz CT molecular complexity index is 959. The molecular formula is C19H17N3O5. The van der Waals surface area contributed by atoms with Crippen LogP contribution < -0.4 is 5.32 Å². The Labute approximate surface area is 154 Å². The molecule has 3 rings (SSSR count). The SMILES string of the molecule is CC(=O)c1cccc(NC(=O)COC(=O)c2ccc(Cn3cccn3)o2)c1. The second-order valence-corrected chi connectivity index (χ2v) is 5.73. The minimum atomic E-state index is -0.741. The zero-order valence-corrected chi connectivity index (χ0v) is 14.5. The number of carbonyl (C=O) groups is 3. The summed E-state index contributed by atoms with van der Waals surface area (Å²) in [5, 5.41) is 6.62. The molecule has 8 nitrogen and oxygen atoms in total. The van der Waals surface area contributed by atoms with E-state index in [9.17, 15) is 14.4 Å². The van der Waals surface area contributed by atoms with E-state index in [0.29, 0.717) is 23.6 Å². The Morgan fingerprint density at radius 1 is 1.19 bits per heavy atom. The number of furan rings is 1. The van der Waals surface area contributed by atoms with E-state index in [2.05, 4.69) is 10.4 Å². The van der Waals surface area contributed by atoms with Crippen molar-refractivity contribution in [3.63, 3.8) is 0 Å². The standard InChI is InChI=1S/C19H17N3O5/c1-13(23)14-4-2-5-15(10-14)21-18(24)12-26-19(25)17-7-6-16(27-17)11-22-9-3-8-20-22/h2-10H,11-12H2,1H3,(H,21,24). The lowest BCUT2D eigenvalue weighted by molar-refractivity contribution is -0.119. The van der Waals surface area contributed by atoms with E-state index in [0.717, 1.165) is 0 Å². The number of amides is 1. The third-order valence-electron chi connectivity index (χ3n) is 3.63. The number of ether oxygens (including phenoxy) is 1. The summed E-state index contributed by atoms with van der Waals surface area (Å²) in [6.45, 7) is 1.35. The van der Waals surface area contributed by atoms with E-state index in [1.807, 2.05) is 0 Å². The fraction of sp³-hybridized carbons (Fsp3) is 0.158. The number of rotatable bonds is 7. The van der Waals surface area contributed by atoms with Crippen LogP contribution in [0.3, 0.4) is 0 Å². The van der Waals surface area contributed by atoms with Gasteiger partial charge in [-0.05, 0) is 37.3 Å². The summed E-state index contributed by atoms with van der Waals surface area (Å²) in [5.74, 6) is -0.831. The Morgan fingerprint density at radius 2 is 2.04 bits per heavy atom. The van der Waals surface area contributed by atoms with Crippen LogP contribution in [0.2, 0.25) is 0 Å². The van der Waals surface area contributed by atoms with Gasteiger partial charge in [-0.25, -0.2) is 4.79 Å². The quantitative estimate of drug-likeness (QED) is 0.508. The molecule has 27 heavy (non-hydrogen) atoms. The lowest BCUT2D eigenvalue weighted by Crippen LogP contribution is -2.20. The molecule has 0 atom stereocenters. The zero-order valence-electron chi connectivity index (χ0n) is 14.5. The second-order valence-electron chi connectivity index (χ2n) is 5.73. The molecule has 0 spiro atoms. The molecule has 0 saturated heterocycles. The molecule has 2 heterocycles. The van der Waals surface area contributed by atoms with Gasteiger partial charge in [0.1, 0.15) is 5.76 Å². The predicted molar refractivity (Wildman–Crippen MR) is 95.4 cm³/mol. The van der Waals surface area contributed by atoms with Gasteiger partial charge in [-0.2, -0.15) is 5.10 Å². The summed E-state index contributed by atoms with van der Waals surface area (Å²) in [5.41, 5.74) is 0.924. The summed E-state index contributed by atoms with van der Waals surface area (Å²) in [6.07, 6.45) is 3.41. The van der Waals surface area contributed by atoms with E-state index < -0.39 is 18.5 Å². The molecule has 0 fully saturated rings. The molecule has 3 aromatic rings. The van der Waals surface area contributed by atoms with E-state index in [4.69, 9.17) is 9.15 Å². The second kappa shape index (κ2) is 8.13. The maximum atomic E-state index is 12.0. The first-order chi connectivity index (χ1) is 13.0. The highest BCUT2D eigenvalue weighted by atomic mass is 16.5. The lowest BCUT2D eigenvalue weighted by atomic mass is 10.1. The maximum absolute atomic E-state index is 12.0. The van der Waals surface area contributed by atoms with Crippen LogP contribution in [0.5, 0.6) is 0 Å². The smallest absolute Gasteiger partial charge is 0.374 e. The summed E-state index contributed by atoms with van der Waals surface area (Å²) in [7, 11) is 0. The van der Waals surface area contributed by atoms with Crippen LogP contribution in [0.25, 0.3) is 0 Å². The van der Waals surface area contributed by atoms with Crippen LogP contribution in [0.4, 0.5) is 5.69 Å². The van der Waals surface area contributed by atoms with Gasteiger partial charge in [-0.15, -0.1) is 0 Å². The number of esters is 1. The summed E-state index contributed by atoms with van der Waals surface area (Å²) in [4.78, 5) is 35.3. The topological polar surface area (TPSA) is 103 Å². The molecular weight excluding hydrogens is 350 g/mol. The molecule has 0 aliphatic rings. The van der Waals surface area contributed by atoms with Gasteiger partial charge in [0.05, 0.1) is 6.54 Å². The van der Waals surface area contributed by atoms with Crippen LogP contribution in [0, 0.1) is 0 Å². The molecule has 8 heteroatoms. The van der Waals surface area contributed by atoms with Crippen molar-refractivity contribution >= 4 is 23.3 Å². The fourth-order valence-corrected chi connectivity index (χ4v) is 2.34. The first kappa shape index (κ1) is 18.1. The van der Waals surface area contributed by atoms with Gasteiger partial charge < -0.3 is 14.5 Å². The number of hydrogen-bond acceptors (Lipinski definition) is 6. The molecule has 1 N–H and O–H groups in total. The van der Waals surface area contributed by atoms with Gasteiger partial charge in [-0.3, -0.25) is 14.3 Å². The highest BCUT2D eigenvalue weighted by Crippen LogP contribution is 2.12. The lowest BCUT2D eigenvalue weighted by Gasteiger charge is -2.06. The Kier molecular flexibility index (Phi) is 5.46. The largest absolute Gasteiger partial charge is 0.452 e. The normalized spacial score (nSPS) is 10.4. The fourth-order valence-electron chi connectivity index (χ4n) is 2.34. The van der Waals surface area contributed by atoms with Gasteiger partial charge in [0.2, 0.25) is 5.76 Å². The molecule has 0 saturated carbocycles. The summed E-state index contributed by atoms with van der Waals surface area (Å²) in [6, 6.07) is 11.4. The van der Waals surface area contributed by atoms with Crippen molar-refractivity contribution < 1.29 is 23.5 Å². The average Bonchev–Trinajstić information content (AvgIpc) is 3.32. The number of benzene rings is 1. The molecule has 0 unspecified atom stereocenters. The minimum Gasteiger partial charge on any atom is -0.452 e. The molecule has 0 bridgehead atoms. The third kappa shape index (κ3) is 4.91. The van der Waals surface area contributed by atoms with Crippen LogP contribution in [0.1, 0.15) is 33.6 Å². The van der Waals surface area contributed by atoms with Crippen LogP contribution in [-0.4, -0.2) is 34.0 Å². The van der Waals surface area contributed by atoms with Crippen LogP contribution in [-0.2, 0) is 16.1 Å². The van der Waals surface area contributed by atoms with Gasteiger partial charge in [0.15, 0.2) is 12.4 Å². The minimum absolute atomic E-state index is 0.00327. The van der Waals surface area contributed by atoms with Crippen molar-refractivity contribution in [1.82, 2.24) is 9.78 Å². The molecule has 138 valence electrons. The number of aromatic nitrogens is 2. The highest BCUT2D eigenvalue weighted by Gasteiger charge is 2.15.